The van der Waals surface area contributed by atoms with Crippen molar-refractivity contribution in [3.05, 3.63) is 33.8 Å². The number of amides is 2. The Kier molecular flexibility index (Phi) is 6.53. The number of aromatic nitrogens is 5. The number of nitrogens with one attached hydrogen (secondary N) is 2. The molecule has 0 bridgehead atoms. The smallest absolute Gasteiger partial charge is 0.338 e. The predicted octanol–water partition coefficient (Wildman–Crippen LogP) is 1.22. The molecule has 2 aromatic rings. The molecule has 3 rings (SSSR count). The van der Waals surface area contributed by atoms with Crippen LogP contribution in [-0.2, 0) is 26.1 Å². The summed E-state index contributed by atoms with van der Waals surface area (Å²) in [6, 6.07) is 1.87. The van der Waals surface area contributed by atoms with Crippen molar-refractivity contribution in [1.29, 1.82) is 0 Å². The molecule has 0 saturated heterocycles. The maximum Gasteiger partial charge on any atom is 0.345 e. The first-order valence-corrected chi connectivity index (χ1v) is 10.1. The summed E-state index contributed by atoms with van der Waals surface area (Å²) < 4.78 is 5.27. The molecule has 2 amide bonds. The van der Waals surface area contributed by atoms with Gasteiger partial charge < -0.3 is 10.6 Å². The fourth-order valence-electron chi connectivity index (χ4n) is 3.57. The van der Waals surface area contributed by atoms with E-state index in [9.17, 15) is 9.59 Å². The number of rotatable bonds is 8. The van der Waals surface area contributed by atoms with Crippen LogP contribution in [0, 0.1) is 19.8 Å². The van der Waals surface area contributed by atoms with Crippen molar-refractivity contribution in [2.45, 2.75) is 66.1 Å². The van der Waals surface area contributed by atoms with E-state index in [0.717, 1.165) is 49.6 Å². The van der Waals surface area contributed by atoms with E-state index in [0.29, 0.717) is 26.1 Å². The zero-order valence-corrected chi connectivity index (χ0v) is 17.1. The fourth-order valence-corrected chi connectivity index (χ4v) is 3.57. The molecular weight excluding hydrogens is 358 g/mol. The van der Waals surface area contributed by atoms with Gasteiger partial charge in [-0.25, -0.2) is 14.3 Å². The lowest BCUT2D eigenvalue weighted by Gasteiger charge is -2.14. The van der Waals surface area contributed by atoms with Gasteiger partial charge in [0.2, 0.25) is 0 Å². The Morgan fingerprint density at radius 2 is 2.04 bits per heavy atom. The van der Waals surface area contributed by atoms with Crippen LogP contribution in [0.25, 0.3) is 0 Å². The van der Waals surface area contributed by atoms with E-state index in [1.165, 1.54) is 4.68 Å². The van der Waals surface area contributed by atoms with E-state index in [1.54, 1.807) is 4.57 Å². The minimum atomic E-state index is -0.184. The first kappa shape index (κ1) is 20.2. The van der Waals surface area contributed by atoms with Gasteiger partial charge in [0, 0.05) is 44.8 Å². The molecular formula is C19H31N7O2. The highest BCUT2D eigenvalue weighted by atomic mass is 16.2. The van der Waals surface area contributed by atoms with Crippen molar-refractivity contribution in [2.24, 2.45) is 5.92 Å². The summed E-state index contributed by atoms with van der Waals surface area (Å²) in [7, 11) is 0. The van der Waals surface area contributed by atoms with Crippen molar-refractivity contribution >= 4 is 6.03 Å². The molecule has 9 nitrogen and oxygen atoms in total. The quantitative estimate of drug-likeness (QED) is 0.663. The Hall–Kier alpha value is -2.58. The summed E-state index contributed by atoms with van der Waals surface area (Å²) in [6.07, 6.45) is 3.68. The first-order chi connectivity index (χ1) is 13.4. The monoisotopic (exact) mass is 389 g/mol. The van der Waals surface area contributed by atoms with Gasteiger partial charge in [0.15, 0.2) is 0 Å². The van der Waals surface area contributed by atoms with Crippen LogP contribution in [0.1, 0.15) is 43.4 Å². The van der Waals surface area contributed by atoms with Crippen LogP contribution < -0.4 is 16.3 Å². The van der Waals surface area contributed by atoms with Gasteiger partial charge in [-0.2, -0.15) is 10.2 Å². The van der Waals surface area contributed by atoms with E-state index in [-0.39, 0.29) is 17.6 Å². The molecule has 28 heavy (non-hydrogen) atoms. The molecule has 0 aromatic carbocycles. The Balaban J connectivity index is 1.34. The minimum Gasteiger partial charge on any atom is -0.338 e. The zero-order chi connectivity index (χ0) is 20.1. The number of aryl methyl sites for hydroxylation is 4. The molecule has 1 aliphatic rings. The summed E-state index contributed by atoms with van der Waals surface area (Å²) >= 11 is 0. The minimum absolute atomic E-state index is 0.0304. The van der Waals surface area contributed by atoms with Crippen LogP contribution in [0.3, 0.4) is 0 Å². The molecule has 1 atom stereocenters. The summed E-state index contributed by atoms with van der Waals surface area (Å²) in [4.78, 5) is 24.2. The van der Waals surface area contributed by atoms with Crippen LogP contribution >= 0.6 is 0 Å². The van der Waals surface area contributed by atoms with Crippen LogP contribution in [0.4, 0.5) is 4.79 Å². The van der Waals surface area contributed by atoms with Crippen LogP contribution in [0.2, 0.25) is 0 Å². The normalized spacial score (nSPS) is 14.5. The summed E-state index contributed by atoms with van der Waals surface area (Å²) in [6.45, 7) is 9.25. The van der Waals surface area contributed by atoms with Gasteiger partial charge in [0.1, 0.15) is 5.82 Å². The van der Waals surface area contributed by atoms with Gasteiger partial charge in [-0.15, -0.1) is 0 Å². The van der Waals surface area contributed by atoms with E-state index in [1.807, 2.05) is 18.5 Å². The standard InChI is InChI=1S/C19H31N7O2/c1-14(13-26-16(3)11-15(2)22-26)12-21-18(27)20-8-6-10-25-19(28)24-9-5-4-7-17(24)23-25/h11,14H,4-10,12-13H2,1-3H3,(H2,20,21,27). The second kappa shape index (κ2) is 9.07. The third-order valence-electron chi connectivity index (χ3n) is 5.06. The molecule has 0 aliphatic carbocycles. The van der Waals surface area contributed by atoms with Crippen LogP contribution in [0.5, 0.6) is 0 Å². The highest BCUT2D eigenvalue weighted by molar-refractivity contribution is 5.73. The average Bonchev–Trinajstić information content (AvgIpc) is 3.15. The van der Waals surface area contributed by atoms with Gasteiger partial charge >= 0.3 is 11.7 Å². The second-order valence-corrected chi connectivity index (χ2v) is 7.74. The van der Waals surface area contributed by atoms with Crippen LogP contribution in [-0.4, -0.2) is 43.2 Å². The second-order valence-electron chi connectivity index (χ2n) is 7.74. The highest BCUT2D eigenvalue weighted by Crippen LogP contribution is 2.09. The fraction of sp³-hybridized carbons (Fsp3) is 0.684. The van der Waals surface area contributed by atoms with Crippen LogP contribution in [0.15, 0.2) is 10.9 Å². The van der Waals surface area contributed by atoms with E-state index in [2.05, 4.69) is 33.8 Å². The van der Waals surface area contributed by atoms with Gasteiger partial charge in [0.05, 0.1) is 5.69 Å². The molecule has 0 fully saturated rings. The Bertz CT molecular complexity index is 864. The number of urea groups is 1. The molecule has 0 radical (unpaired) electrons. The van der Waals surface area contributed by atoms with Crippen molar-refractivity contribution < 1.29 is 4.79 Å². The van der Waals surface area contributed by atoms with E-state index < -0.39 is 0 Å². The highest BCUT2D eigenvalue weighted by Gasteiger charge is 2.16. The Labute approximate surface area is 165 Å². The average molecular weight is 390 g/mol. The van der Waals surface area contributed by atoms with Gasteiger partial charge in [-0.1, -0.05) is 6.92 Å². The van der Waals surface area contributed by atoms with E-state index in [4.69, 9.17) is 0 Å². The van der Waals surface area contributed by atoms with E-state index >= 15 is 0 Å². The molecule has 0 saturated carbocycles. The molecule has 3 heterocycles. The molecule has 1 aliphatic heterocycles. The topological polar surface area (TPSA) is 98.8 Å². The lowest BCUT2D eigenvalue weighted by molar-refractivity contribution is 0.238. The maximum absolute atomic E-state index is 12.3. The number of nitrogens with zero attached hydrogens (tertiary/aromatic N) is 5. The molecule has 1 unspecified atom stereocenters. The number of hydrogen-bond donors (Lipinski definition) is 2. The number of fused-ring (bicyclic) bond motifs is 1. The Morgan fingerprint density at radius 1 is 1.21 bits per heavy atom. The summed E-state index contributed by atoms with van der Waals surface area (Å²) in [5, 5.41) is 14.6. The number of hydrogen-bond acceptors (Lipinski definition) is 4. The van der Waals surface area contributed by atoms with Crippen molar-refractivity contribution in [2.75, 3.05) is 13.1 Å². The van der Waals surface area contributed by atoms with Gasteiger partial charge in [-0.05, 0) is 45.1 Å². The first-order valence-electron chi connectivity index (χ1n) is 10.1. The third-order valence-corrected chi connectivity index (χ3v) is 5.06. The van der Waals surface area contributed by atoms with Crippen molar-refractivity contribution in [3.8, 4) is 0 Å². The largest absolute Gasteiger partial charge is 0.345 e. The lowest BCUT2D eigenvalue weighted by atomic mass is 10.2. The molecule has 0 spiro atoms. The number of carbonyl (C=O) groups is 1. The lowest BCUT2D eigenvalue weighted by Crippen LogP contribution is -2.39. The molecule has 154 valence electrons. The van der Waals surface area contributed by atoms with Crippen molar-refractivity contribution in [3.63, 3.8) is 0 Å². The summed E-state index contributed by atoms with van der Waals surface area (Å²) in [5.41, 5.74) is 2.11. The van der Waals surface area contributed by atoms with Gasteiger partial charge in [0.25, 0.3) is 0 Å². The van der Waals surface area contributed by atoms with Crippen molar-refractivity contribution in [1.82, 2.24) is 34.8 Å². The molecule has 2 aromatic heterocycles. The molecule has 2 N–H and O–H groups in total. The molecule has 9 heteroatoms. The maximum atomic E-state index is 12.3. The SMILES string of the molecule is Cc1cc(C)n(CC(C)CNC(=O)NCCCn2nc3n(c2=O)CCCC3)n1. The summed E-state index contributed by atoms with van der Waals surface area (Å²) in [5.74, 6) is 1.16. The third kappa shape index (κ3) is 5.02. The number of carbonyl (C=O) groups excluding carboxylic acids is 1. The van der Waals surface area contributed by atoms with Gasteiger partial charge in [-0.3, -0.25) is 9.25 Å². The zero-order valence-electron chi connectivity index (χ0n) is 17.1. The Morgan fingerprint density at radius 3 is 2.75 bits per heavy atom. The predicted molar refractivity (Wildman–Crippen MR) is 106 cm³/mol.